The molecule has 1 N–H and O–H groups in total. The summed E-state index contributed by atoms with van der Waals surface area (Å²) < 4.78 is 15.1. The van der Waals surface area contributed by atoms with Crippen LogP contribution in [0.15, 0.2) is 30.5 Å². The number of aromatic nitrogens is 2. The Morgan fingerprint density at radius 2 is 1.95 bits per heavy atom. The summed E-state index contributed by atoms with van der Waals surface area (Å²) in [7, 11) is 0. The van der Waals surface area contributed by atoms with Gasteiger partial charge in [-0.3, -0.25) is 0 Å². The molecule has 0 aliphatic carbocycles. The highest BCUT2D eigenvalue weighted by Crippen LogP contribution is 2.40. The fourth-order valence-electron chi connectivity index (χ4n) is 2.86. The van der Waals surface area contributed by atoms with Gasteiger partial charge in [-0.15, -0.1) is 0 Å². The Bertz CT molecular complexity index is 608. The molecule has 0 spiro atoms. The molecule has 0 radical (unpaired) electrons. The SMILES string of the molecule is CC(C)(C)C1CCNc2c(-c3ccc(F)cc3)cnn21. The summed E-state index contributed by atoms with van der Waals surface area (Å²) in [6.07, 6.45) is 2.95. The van der Waals surface area contributed by atoms with Gasteiger partial charge in [0.15, 0.2) is 0 Å². The summed E-state index contributed by atoms with van der Waals surface area (Å²) in [6.45, 7) is 7.67. The van der Waals surface area contributed by atoms with E-state index < -0.39 is 0 Å². The second kappa shape index (κ2) is 4.62. The molecule has 1 aliphatic rings. The van der Waals surface area contributed by atoms with Crippen LogP contribution in [0.25, 0.3) is 11.1 Å². The Morgan fingerprint density at radius 3 is 2.60 bits per heavy atom. The molecule has 2 heterocycles. The van der Waals surface area contributed by atoms with Crippen LogP contribution in [0.5, 0.6) is 0 Å². The van der Waals surface area contributed by atoms with Gasteiger partial charge in [0.05, 0.1) is 12.2 Å². The molecule has 106 valence electrons. The lowest BCUT2D eigenvalue weighted by atomic mass is 9.84. The number of halogens is 1. The van der Waals surface area contributed by atoms with Crippen molar-refractivity contribution in [2.24, 2.45) is 5.41 Å². The van der Waals surface area contributed by atoms with E-state index in [-0.39, 0.29) is 11.2 Å². The zero-order valence-corrected chi connectivity index (χ0v) is 12.2. The zero-order chi connectivity index (χ0) is 14.3. The summed E-state index contributed by atoms with van der Waals surface area (Å²) in [4.78, 5) is 0. The summed E-state index contributed by atoms with van der Waals surface area (Å²) in [6, 6.07) is 6.96. The van der Waals surface area contributed by atoms with Crippen molar-refractivity contribution in [1.82, 2.24) is 9.78 Å². The standard InChI is InChI=1S/C16H20FN3/c1-16(2,3)14-8-9-18-15-13(10-19-20(14)15)11-4-6-12(17)7-5-11/h4-7,10,14,18H,8-9H2,1-3H3. The summed E-state index contributed by atoms with van der Waals surface area (Å²) in [5, 5.41) is 8.00. The Balaban J connectivity index is 2.04. The first-order chi connectivity index (χ1) is 9.47. The van der Waals surface area contributed by atoms with Gasteiger partial charge in [0.25, 0.3) is 0 Å². The lowest BCUT2D eigenvalue weighted by Crippen LogP contribution is -2.32. The minimum atomic E-state index is -0.213. The van der Waals surface area contributed by atoms with E-state index in [1.165, 1.54) is 12.1 Å². The number of hydrogen-bond acceptors (Lipinski definition) is 2. The van der Waals surface area contributed by atoms with Crippen molar-refractivity contribution in [2.75, 3.05) is 11.9 Å². The molecule has 3 rings (SSSR count). The topological polar surface area (TPSA) is 29.9 Å². The van der Waals surface area contributed by atoms with E-state index in [1.807, 2.05) is 6.20 Å². The number of anilines is 1. The molecule has 1 atom stereocenters. The molecular weight excluding hydrogens is 253 g/mol. The Morgan fingerprint density at radius 1 is 1.25 bits per heavy atom. The predicted molar refractivity (Wildman–Crippen MR) is 79.2 cm³/mol. The van der Waals surface area contributed by atoms with E-state index in [1.54, 1.807) is 12.1 Å². The highest BCUT2D eigenvalue weighted by molar-refractivity contribution is 5.75. The fraction of sp³-hybridized carbons (Fsp3) is 0.438. The maximum absolute atomic E-state index is 13.0. The highest BCUT2D eigenvalue weighted by Gasteiger charge is 2.32. The van der Waals surface area contributed by atoms with Crippen molar-refractivity contribution in [3.63, 3.8) is 0 Å². The third-order valence-electron chi connectivity index (χ3n) is 3.96. The zero-order valence-electron chi connectivity index (χ0n) is 12.2. The lowest BCUT2D eigenvalue weighted by Gasteiger charge is -2.35. The highest BCUT2D eigenvalue weighted by atomic mass is 19.1. The van der Waals surface area contributed by atoms with Gasteiger partial charge < -0.3 is 5.32 Å². The number of benzene rings is 1. The van der Waals surface area contributed by atoms with Crippen LogP contribution in [0.2, 0.25) is 0 Å². The Kier molecular flexibility index (Phi) is 3.04. The lowest BCUT2D eigenvalue weighted by molar-refractivity contribution is 0.210. The van der Waals surface area contributed by atoms with E-state index in [0.29, 0.717) is 6.04 Å². The molecule has 0 saturated heterocycles. The van der Waals surface area contributed by atoms with Crippen molar-refractivity contribution >= 4 is 5.82 Å². The maximum Gasteiger partial charge on any atom is 0.132 e. The average molecular weight is 273 g/mol. The molecule has 20 heavy (non-hydrogen) atoms. The normalized spacial score (nSPS) is 18.5. The molecule has 1 aliphatic heterocycles. The van der Waals surface area contributed by atoms with Crippen LogP contribution >= 0.6 is 0 Å². The van der Waals surface area contributed by atoms with Crippen molar-refractivity contribution in [1.29, 1.82) is 0 Å². The maximum atomic E-state index is 13.0. The molecule has 1 unspecified atom stereocenters. The fourth-order valence-corrected chi connectivity index (χ4v) is 2.86. The molecule has 0 bridgehead atoms. The molecule has 1 aromatic carbocycles. The molecule has 4 heteroatoms. The number of rotatable bonds is 1. The van der Waals surface area contributed by atoms with Crippen LogP contribution < -0.4 is 5.32 Å². The van der Waals surface area contributed by atoms with Crippen molar-refractivity contribution in [2.45, 2.75) is 33.2 Å². The molecule has 0 saturated carbocycles. The van der Waals surface area contributed by atoms with Crippen molar-refractivity contribution < 1.29 is 4.39 Å². The second-order valence-electron chi connectivity index (χ2n) is 6.46. The first-order valence-electron chi connectivity index (χ1n) is 7.04. The monoisotopic (exact) mass is 273 g/mol. The van der Waals surface area contributed by atoms with E-state index >= 15 is 0 Å². The van der Waals surface area contributed by atoms with Gasteiger partial charge in [-0.1, -0.05) is 32.9 Å². The number of nitrogens with zero attached hydrogens (tertiary/aromatic N) is 2. The number of fused-ring (bicyclic) bond motifs is 1. The summed E-state index contributed by atoms with van der Waals surface area (Å²) in [5.74, 6) is 0.832. The van der Waals surface area contributed by atoms with Gasteiger partial charge >= 0.3 is 0 Å². The van der Waals surface area contributed by atoms with Crippen LogP contribution in [0.4, 0.5) is 10.2 Å². The third-order valence-corrected chi connectivity index (χ3v) is 3.96. The first kappa shape index (κ1) is 13.2. The van der Waals surface area contributed by atoms with Gasteiger partial charge in [0.2, 0.25) is 0 Å². The first-order valence-corrected chi connectivity index (χ1v) is 7.04. The molecule has 3 nitrogen and oxygen atoms in total. The van der Waals surface area contributed by atoms with E-state index in [4.69, 9.17) is 0 Å². The predicted octanol–water partition coefficient (Wildman–Crippen LogP) is 4.09. The van der Waals surface area contributed by atoms with E-state index in [2.05, 4.69) is 35.9 Å². The van der Waals surface area contributed by atoms with E-state index in [0.717, 1.165) is 29.9 Å². The van der Waals surface area contributed by atoms with Gasteiger partial charge in [0.1, 0.15) is 11.6 Å². The van der Waals surface area contributed by atoms with Crippen molar-refractivity contribution in [3.05, 3.63) is 36.3 Å². The Labute approximate surface area is 118 Å². The van der Waals surface area contributed by atoms with Crippen LogP contribution in [0, 0.1) is 11.2 Å². The van der Waals surface area contributed by atoms with E-state index in [9.17, 15) is 4.39 Å². The number of hydrogen-bond donors (Lipinski definition) is 1. The van der Waals surface area contributed by atoms with Crippen LogP contribution in [-0.2, 0) is 0 Å². The second-order valence-corrected chi connectivity index (χ2v) is 6.46. The van der Waals surface area contributed by atoms with Crippen molar-refractivity contribution in [3.8, 4) is 11.1 Å². The average Bonchev–Trinajstić information content (AvgIpc) is 2.82. The van der Waals surface area contributed by atoms with Gasteiger partial charge in [-0.2, -0.15) is 5.10 Å². The molecule has 0 fully saturated rings. The summed E-state index contributed by atoms with van der Waals surface area (Å²) in [5.41, 5.74) is 2.21. The van der Waals surface area contributed by atoms with Crippen LogP contribution in [0.3, 0.4) is 0 Å². The van der Waals surface area contributed by atoms with Crippen LogP contribution in [0.1, 0.15) is 33.2 Å². The van der Waals surface area contributed by atoms with Gasteiger partial charge in [-0.25, -0.2) is 9.07 Å². The largest absolute Gasteiger partial charge is 0.370 e. The van der Waals surface area contributed by atoms with Gasteiger partial charge in [-0.05, 0) is 29.5 Å². The van der Waals surface area contributed by atoms with Crippen LogP contribution in [-0.4, -0.2) is 16.3 Å². The van der Waals surface area contributed by atoms with Gasteiger partial charge in [0, 0.05) is 12.1 Å². The Hall–Kier alpha value is -1.84. The quantitative estimate of drug-likeness (QED) is 0.848. The molecule has 1 aromatic heterocycles. The molecular formula is C16H20FN3. The summed E-state index contributed by atoms with van der Waals surface area (Å²) >= 11 is 0. The molecule has 0 amide bonds. The number of nitrogens with one attached hydrogen (secondary N) is 1. The third kappa shape index (κ3) is 2.19. The minimum absolute atomic E-state index is 0.170. The minimum Gasteiger partial charge on any atom is -0.370 e. The molecule has 2 aromatic rings. The smallest absolute Gasteiger partial charge is 0.132 e.